The molecule has 0 unspecified atom stereocenters. The van der Waals surface area contributed by atoms with Gasteiger partial charge in [0.1, 0.15) is 12.6 Å². The Bertz CT molecular complexity index is 1040. The molecule has 0 fully saturated rings. The molecule has 3 aromatic carbocycles. The zero-order valence-corrected chi connectivity index (χ0v) is 16.5. The molecule has 0 aliphatic rings. The third-order valence-corrected chi connectivity index (χ3v) is 4.34. The number of nitro groups is 1. The van der Waals surface area contributed by atoms with Crippen molar-refractivity contribution in [3.63, 3.8) is 0 Å². The number of hydrogen-bond donors (Lipinski definition) is 1. The van der Waals surface area contributed by atoms with Crippen molar-refractivity contribution in [2.45, 2.75) is 19.1 Å². The van der Waals surface area contributed by atoms with Crippen LogP contribution >= 0.6 is 0 Å². The Balaban J connectivity index is 1.72. The van der Waals surface area contributed by atoms with Crippen molar-refractivity contribution < 1.29 is 24.0 Å². The first-order valence-electron chi connectivity index (χ1n) is 9.49. The molecule has 31 heavy (non-hydrogen) atoms. The highest BCUT2D eigenvalue weighted by Gasteiger charge is 2.26. The van der Waals surface area contributed by atoms with E-state index in [0.29, 0.717) is 0 Å². The normalized spacial score (nSPS) is 11.2. The summed E-state index contributed by atoms with van der Waals surface area (Å²) in [5, 5.41) is 13.7. The number of carbonyl (C=O) groups excluding carboxylic acids is 2. The Morgan fingerprint density at radius 1 is 0.871 bits per heavy atom. The summed E-state index contributed by atoms with van der Waals surface area (Å²) in [7, 11) is 0. The first kappa shape index (κ1) is 21.5. The van der Waals surface area contributed by atoms with E-state index in [2.05, 4.69) is 5.32 Å². The first-order chi connectivity index (χ1) is 15.0. The molecule has 158 valence electrons. The Hall–Kier alpha value is -4.20. The number of benzene rings is 3. The van der Waals surface area contributed by atoms with Crippen LogP contribution in [0.25, 0.3) is 0 Å². The van der Waals surface area contributed by atoms with Crippen LogP contribution in [0.5, 0.6) is 5.75 Å². The van der Waals surface area contributed by atoms with E-state index in [1.807, 2.05) is 24.3 Å². The van der Waals surface area contributed by atoms with Crippen molar-refractivity contribution in [2.24, 2.45) is 0 Å². The van der Waals surface area contributed by atoms with Crippen molar-refractivity contribution in [2.75, 3.05) is 0 Å². The van der Waals surface area contributed by atoms with Gasteiger partial charge in [0, 0.05) is 12.5 Å². The summed E-state index contributed by atoms with van der Waals surface area (Å²) in [5.74, 6) is -1.04. The predicted octanol–water partition coefficient (Wildman–Crippen LogP) is 4.04. The van der Waals surface area contributed by atoms with Crippen molar-refractivity contribution >= 4 is 17.7 Å². The zero-order valence-electron chi connectivity index (χ0n) is 16.5. The van der Waals surface area contributed by atoms with E-state index in [0.717, 1.165) is 11.1 Å². The molecule has 1 atom stereocenters. The number of esters is 1. The van der Waals surface area contributed by atoms with E-state index in [1.54, 1.807) is 36.4 Å². The SMILES string of the molecule is O=C(N[C@@H](Cc1ccccc1)C(=O)Oc1ccccc1[N+](=O)[O-])OCc1ccccc1. The van der Waals surface area contributed by atoms with Gasteiger partial charge in [-0.05, 0) is 17.2 Å². The van der Waals surface area contributed by atoms with E-state index in [9.17, 15) is 19.7 Å². The molecule has 0 heterocycles. The standard InChI is InChI=1S/C23H20N2O6/c26-22(31-21-14-8-7-13-20(21)25(28)29)19(15-17-9-3-1-4-10-17)24-23(27)30-16-18-11-5-2-6-12-18/h1-14,19H,15-16H2,(H,24,27)/t19-/m0/s1. The van der Waals surface area contributed by atoms with Crippen molar-refractivity contribution in [1.82, 2.24) is 5.32 Å². The summed E-state index contributed by atoms with van der Waals surface area (Å²) in [6, 6.07) is 22.5. The van der Waals surface area contributed by atoms with E-state index in [-0.39, 0.29) is 24.5 Å². The number of para-hydroxylation sites is 2. The van der Waals surface area contributed by atoms with E-state index in [4.69, 9.17) is 9.47 Å². The van der Waals surface area contributed by atoms with Crippen LogP contribution in [0.2, 0.25) is 0 Å². The average Bonchev–Trinajstić information content (AvgIpc) is 2.79. The van der Waals surface area contributed by atoms with Crippen LogP contribution in [0, 0.1) is 10.1 Å². The molecular formula is C23H20N2O6. The van der Waals surface area contributed by atoms with Gasteiger partial charge in [0.25, 0.3) is 0 Å². The molecule has 3 aromatic rings. The maximum Gasteiger partial charge on any atom is 0.408 e. The molecule has 0 spiro atoms. The fraction of sp³-hybridized carbons (Fsp3) is 0.130. The second kappa shape index (κ2) is 10.5. The van der Waals surface area contributed by atoms with Gasteiger partial charge in [-0.15, -0.1) is 0 Å². The molecular weight excluding hydrogens is 400 g/mol. The van der Waals surface area contributed by atoms with Crippen LogP contribution < -0.4 is 10.1 Å². The number of amides is 1. The number of nitrogens with zero attached hydrogens (tertiary/aromatic N) is 1. The molecule has 0 saturated heterocycles. The Kier molecular flexibility index (Phi) is 7.31. The molecule has 0 radical (unpaired) electrons. The maximum absolute atomic E-state index is 12.8. The van der Waals surface area contributed by atoms with Gasteiger partial charge >= 0.3 is 17.7 Å². The fourth-order valence-corrected chi connectivity index (χ4v) is 2.82. The number of nitro benzene ring substituents is 1. The van der Waals surface area contributed by atoms with Crippen LogP contribution in [0.3, 0.4) is 0 Å². The average molecular weight is 420 g/mol. The van der Waals surface area contributed by atoms with E-state index < -0.39 is 23.0 Å². The van der Waals surface area contributed by atoms with Crippen LogP contribution in [0.4, 0.5) is 10.5 Å². The topological polar surface area (TPSA) is 108 Å². The van der Waals surface area contributed by atoms with Gasteiger partial charge in [-0.25, -0.2) is 9.59 Å². The Morgan fingerprint density at radius 3 is 2.10 bits per heavy atom. The lowest BCUT2D eigenvalue weighted by Crippen LogP contribution is -2.44. The molecule has 0 aromatic heterocycles. The Morgan fingerprint density at radius 2 is 1.45 bits per heavy atom. The number of carbonyl (C=O) groups is 2. The molecule has 0 bridgehead atoms. The van der Waals surface area contributed by atoms with Gasteiger partial charge in [-0.2, -0.15) is 0 Å². The van der Waals surface area contributed by atoms with Crippen molar-refractivity contribution in [3.05, 3.63) is 106 Å². The number of ether oxygens (including phenoxy) is 2. The summed E-state index contributed by atoms with van der Waals surface area (Å²) in [4.78, 5) is 35.6. The van der Waals surface area contributed by atoms with Gasteiger partial charge < -0.3 is 14.8 Å². The lowest BCUT2D eigenvalue weighted by Gasteiger charge is -2.17. The molecule has 8 nitrogen and oxygen atoms in total. The van der Waals surface area contributed by atoms with Gasteiger partial charge in [0.15, 0.2) is 0 Å². The minimum absolute atomic E-state index is 0.0317. The van der Waals surface area contributed by atoms with Crippen LogP contribution in [-0.2, 0) is 22.6 Å². The molecule has 8 heteroatoms. The van der Waals surface area contributed by atoms with E-state index in [1.165, 1.54) is 24.3 Å². The number of alkyl carbamates (subject to hydrolysis) is 1. The molecule has 0 aliphatic heterocycles. The molecule has 1 N–H and O–H groups in total. The summed E-state index contributed by atoms with van der Waals surface area (Å²) < 4.78 is 10.4. The minimum Gasteiger partial charge on any atom is -0.445 e. The highest BCUT2D eigenvalue weighted by molar-refractivity contribution is 5.83. The van der Waals surface area contributed by atoms with Crippen LogP contribution in [0.1, 0.15) is 11.1 Å². The van der Waals surface area contributed by atoms with Crippen LogP contribution in [-0.4, -0.2) is 23.0 Å². The minimum atomic E-state index is -1.11. The first-order valence-corrected chi connectivity index (χ1v) is 9.49. The summed E-state index contributed by atoms with van der Waals surface area (Å²) in [5.41, 5.74) is 1.22. The summed E-state index contributed by atoms with van der Waals surface area (Å²) in [6.45, 7) is 0.0317. The van der Waals surface area contributed by atoms with Crippen LogP contribution in [0.15, 0.2) is 84.9 Å². The van der Waals surface area contributed by atoms with Gasteiger partial charge in [-0.3, -0.25) is 10.1 Å². The molecule has 0 saturated carbocycles. The van der Waals surface area contributed by atoms with Crippen molar-refractivity contribution in [1.29, 1.82) is 0 Å². The second-order valence-corrected chi connectivity index (χ2v) is 6.59. The van der Waals surface area contributed by atoms with Crippen molar-refractivity contribution in [3.8, 4) is 5.75 Å². The number of nitrogens with one attached hydrogen (secondary N) is 1. The molecule has 0 aliphatic carbocycles. The fourth-order valence-electron chi connectivity index (χ4n) is 2.82. The monoisotopic (exact) mass is 420 g/mol. The van der Waals surface area contributed by atoms with Gasteiger partial charge in [-0.1, -0.05) is 72.8 Å². The number of hydrogen-bond acceptors (Lipinski definition) is 6. The molecule has 1 amide bonds. The quantitative estimate of drug-likeness (QED) is 0.255. The summed E-state index contributed by atoms with van der Waals surface area (Å²) >= 11 is 0. The lowest BCUT2D eigenvalue weighted by molar-refractivity contribution is -0.385. The Labute approximate surface area is 178 Å². The highest BCUT2D eigenvalue weighted by atomic mass is 16.6. The predicted molar refractivity (Wildman–Crippen MR) is 112 cm³/mol. The largest absolute Gasteiger partial charge is 0.445 e. The lowest BCUT2D eigenvalue weighted by atomic mass is 10.1. The van der Waals surface area contributed by atoms with E-state index >= 15 is 0 Å². The zero-order chi connectivity index (χ0) is 22.1. The molecule has 3 rings (SSSR count). The second-order valence-electron chi connectivity index (χ2n) is 6.59. The highest BCUT2D eigenvalue weighted by Crippen LogP contribution is 2.26. The summed E-state index contributed by atoms with van der Waals surface area (Å²) in [6.07, 6.45) is -0.676. The number of rotatable bonds is 8. The van der Waals surface area contributed by atoms with Gasteiger partial charge in [0.05, 0.1) is 4.92 Å². The van der Waals surface area contributed by atoms with Gasteiger partial charge in [0.2, 0.25) is 5.75 Å². The maximum atomic E-state index is 12.8. The third-order valence-electron chi connectivity index (χ3n) is 4.34. The smallest absolute Gasteiger partial charge is 0.408 e. The third kappa shape index (κ3) is 6.40.